The summed E-state index contributed by atoms with van der Waals surface area (Å²) in [5.74, 6) is 0. The van der Waals surface area contributed by atoms with Crippen molar-refractivity contribution < 1.29 is 0 Å². The Morgan fingerprint density at radius 2 is 0.852 bits per heavy atom. The van der Waals surface area contributed by atoms with Crippen molar-refractivity contribution in [3.63, 3.8) is 0 Å². The van der Waals surface area contributed by atoms with Crippen LogP contribution in [0.4, 0.5) is 17.1 Å². The molecule has 0 atom stereocenters. The van der Waals surface area contributed by atoms with Gasteiger partial charge in [-0.25, -0.2) is 0 Å². The van der Waals surface area contributed by atoms with Crippen molar-refractivity contribution in [2.24, 2.45) is 0 Å². The third kappa shape index (κ3) is 5.50. The lowest BCUT2D eigenvalue weighted by atomic mass is 9.67. The lowest BCUT2D eigenvalue weighted by Crippen LogP contribution is -2.28. The molecule has 0 fully saturated rings. The van der Waals surface area contributed by atoms with Crippen LogP contribution in [0.25, 0.3) is 60.5 Å². The number of fused-ring (bicyclic) bond motifs is 7. The van der Waals surface area contributed by atoms with Gasteiger partial charge in [0.05, 0.1) is 16.4 Å². The van der Waals surface area contributed by atoms with Gasteiger partial charge in [0, 0.05) is 33.5 Å². The second-order valence-electron chi connectivity index (χ2n) is 16.1. The minimum absolute atomic E-state index is 0.526. The molecule has 0 saturated carbocycles. The second-order valence-corrected chi connectivity index (χ2v) is 16.1. The fraction of sp³-hybridized carbons (Fsp3) is 0.0169. The highest BCUT2D eigenvalue weighted by Gasteiger charge is 2.46. The Balaban J connectivity index is 1.02. The van der Waals surface area contributed by atoms with Crippen molar-refractivity contribution >= 4 is 49.6 Å². The van der Waals surface area contributed by atoms with Crippen LogP contribution in [-0.2, 0) is 5.41 Å². The van der Waals surface area contributed by atoms with Gasteiger partial charge in [0.2, 0.25) is 0 Å². The van der Waals surface area contributed by atoms with E-state index in [1.807, 2.05) is 0 Å². The summed E-state index contributed by atoms with van der Waals surface area (Å²) in [5, 5.41) is 5.00. The lowest BCUT2D eigenvalue weighted by molar-refractivity contribution is 0.769. The van der Waals surface area contributed by atoms with Crippen molar-refractivity contribution in [3.05, 3.63) is 265 Å². The van der Waals surface area contributed by atoms with E-state index in [-0.39, 0.29) is 0 Å². The summed E-state index contributed by atoms with van der Waals surface area (Å²) in [6.45, 7) is 0. The van der Waals surface area contributed by atoms with Crippen LogP contribution in [0.3, 0.4) is 0 Å². The average Bonchev–Trinajstić information content (AvgIpc) is 3.82. The van der Waals surface area contributed by atoms with Crippen molar-refractivity contribution in [3.8, 4) is 27.9 Å². The minimum Gasteiger partial charge on any atom is -0.310 e. The maximum absolute atomic E-state index is 2.46. The minimum atomic E-state index is -0.526. The van der Waals surface area contributed by atoms with Crippen LogP contribution in [0.15, 0.2) is 243 Å². The third-order valence-electron chi connectivity index (χ3n) is 12.8. The van der Waals surface area contributed by atoms with Crippen molar-refractivity contribution in [2.75, 3.05) is 4.90 Å². The van der Waals surface area contributed by atoms with E-state index >= 15 is 0 Å². The fourth-order valence-corrected chi connectivity index (χ4v) is 10.1. The molecule has 0 bridgehead atoms. The molecule has 12 rings (SSSR count). The summed E-state index contributed by atoms with van der Waals surface area (Å²) in [6.07, 6.45) is 0. The Morgan fingerprint density at radius 3 is 1.56 bits per heavy atom. The maximum atomic E-state index is 2.46. The van der Waals surface area contributed by atoms with E-state index in [1.165, 1.54) is 82.8 Å². The van der Waals surface area contributed by atoms with Crippen LogP contribution in [0.2, 0.25) is 0 Å². The lowest BCUT2D eigenvalue weighted by Gasteiger charge is -2.35. The van der Waals surface area contributed by atoms with E-state index in [1.54, 1.807) is 0 Å². The molecule has 0 amide bonds. The highest BCUT2D eigenvalue weighted by atomic mass is 15.1. The number of benzene rings is 10. The largest absolute Gasteiger partial charge is 0.310 e. The van der Waals surface area contributed by atoms with Gasteiger partial charge in [-0.1, -0.05) is 164 Å². The molecular weight excluding hydrogens is 737 g/mol. The van der Waals surface area contributed by atoms with E-state index in [0.717, 1.165) is 17.1 Å². The van der Waals surface area contributed by atoms with Crippen molar-refractivity contribution in [2.45, 2.75) is 5.41 Å². The van der Waals surface area contributed by atoms with E-state index < -0.39 is 5.41 Å². The van der Waals surface area contributed by atoms with Gasteiger partial charge in [-0.3, -0.25) is 0 Å². The molecule has 2 nitrogen and oxygen atoms in total. The summed E-state index contributed by atoms with van der Waals surface area (Å²) in [7, 11) is 0. The Hall–Kier alpha value is -7.94. The molecule has 0 radical (unpaired) electrons. The summed E-state index contributed by atoms with van der Waals surface area (Å²) >= 11 is 0. The second kappa shape index (κ2) is 14.1. The smallest absolute Gasteiger partial charge is 0.0714 e. The van der Waals surface area contributed by atoms with Gasteiger partial charge < -0.3 is 9.47 Å². The Kier molecular flexibility index (Phi) is 8.11. The quantitative estimate of drug-likeness (QED) is 0.156. The van der Waals surface area contributed by atoms with Crippen LogP contribution in [0.5, 0.6) is 0 Å². The zero-order valence-corrected chi connectivity index (χ0v) is 33.5. The molecule has 0 N–H and O–H groups in total. The molecule has 1 heterocycles. The normalized spacial score (nSPS) is 12.7. The van der Waals surface area contributed by atoms with E-state index in [2.05, 4.69) is 252 Å². The summed E-state index contributed by atoms with van der Waals surface area (Å²) in [4.78, 5) is 2.40. The van der Waals surface area contributed by atoms with Crippen molar-refractivity contribution in [1.29, 1.82) is 0 Å². The molecule has 1 aliphatic rings. The van der Waals surface area contributed by atoms with Crippen LogP contribution < -0.4 is 4.90 Å². The van der Waals surface area contributed by atoms with E-state index in [9.17, 15) is 0 Å². The molecule has 61 heavy (non-hydrogen) atoms. The molecule has 0 saturated heterocycles. The van der Waals surface area contributed by atoms with Crippen LogP contribution in [0, 0.1) is 0 Å². The molecular formula is C59H40N2. The van der Waals surface area contributed by atoms with Crippen LogP contribution in [-0.4, -0.2) is 4.57 Å². The SMILES string of the molecule is c1ccc(N(c2ccc(-c3ccc4c(c3)c3ccccc3n4-c3ccccc3)cc2)c2ccc3c(c2)C(c2ccccc2)(c2ccccc2)c2cc4ccccc4cc2-3)cc1. The van der Waals surface area contributed by atoms with Gasteiger partial charge in [0.15, 0.2) is 0 Å². The van der Waals surface area contributed by atoms with Crippen LogP contribution >= 0.6 is 0 Å². The van der Waals surface area contributed by atoms with Gasteiger partial charge in [0.1, 0.15) is 0 Å². The number of anilines is 3. The highest BCUT2D eigenvalue weighted by molar-refractivity contribution is 6.10. The molecule has 0 aliphatic heterocycles. The zero-order valence-electron chi connectivity index (χ0n) is 33.5. The first kappa shape index (κ1) is 35.0. The van der Waals surface area contributed by atoms with E-state index in [4.69, 9.17) is 0 Å². The van der Waals surface area contributed by atoms with Gasteiger partial charge in [-0.15, -0.1) is 0 Å². The van der Waals surface area contributed by atoms with Crippen molar-refractivity contribution in [1.82, 2.24) is 4.57 Å². The number of rotatable bonds is 7. The third-order valence-corrected chi connectivity index (χ3v) is 12.8. The molecule has 1 aliphatic carbocycles. The molecule has 10 aromatic carbocycles. The first-order chi connectivity index (χ1) is 30.3. The average molecular weight is 777 g/mol. The van der Waals surface area contributed by atoms with Gasteiger partial charge in [0.25, 0.3) is 0 Å². The summed E-state index contributed by atoms with van der Waals surface area (Å²) in [5.41, 5.74) is 16.4. The standard InChI is InChI=1S/C59H40N2/c1-5-19-45(20-6-1)59(46-21-7-2-8-22-46)55-39-43-18-14-13-17-42(43)37-53(55)51-35-34-50(40-56(51)59)60(47-23-9-3-10-24-47)49-32-29-41(30-33-49)44-31-36-58-54(38-44)52-27-15-16-28-57(52)61(58)48-25-11-4-12-26-48/h1-40H. The predicted octanol–water partition coefficient (Wildman–Crippen LogP) is 15.4. The first-order valence-electron chi connectivity index (χ1n) is 21.1. The number of aromatic nitrogens is 1. The molecule has 1 aromatic heterocycles. The topological polar surface area (TPSA) is 8.17 Å². The Labute approximate surface area is 355 Å². The maximum Gasteiger partial charge on any atom is 0.0714 e. The predicted molar refractivity (Wildman–Crippen MR) is 256 cm³/mol. The van der Waals surface area contributed by atoms with Gasteiger partial charge in [-0.05, 0) is 134 Å². The molecule has 286 valence electrons. The van der Waals surface area contributed by atoms with Crippen LogP contribution in [0.1, 0.15) is 22.3 Å². The Morgan fingerprint density at radius 1 is 0.328 bits per heavy atom. The first-order valence-corrected chi connectivity index (χ1v) is 21.1. The van der Waals surface area contributed by atoms with E-state index in [0.29, 0.717) is 0 Å². The number of hydrogen-bond donors (Lipinski definition) is 0. The Bertz CT molecular complexity index is 3350. The number of para-hydroxylation sites is 3. The summed E-state index contributed by atoms with van der Waals surface area (Å²) in [6, 6.07) is 89.1. The fourth-order valence-electron chi connectivity index (χ4n) is 10.1. The molecule has 0 unspecified atom stereocenters. The summed E-state index contributed by atoms with van der Waals surface area (Å²) < 4.78 is 2.37. The highest BCUT2D eigenvalue weighted by Crippen LogP contribution is 2.58. The molecule has 0 spiro atoms. The van der Waals surface area contributed by atoms with Gasteiger partial charge >= 0.3 is 0 Å². The van der Waals surface area contributed by atoms with Gasteiger partial charge in [-0.2, -0.15) is 0 Å². The number of nitrogens with zero attached hydrogens (tertiary/aromatic N) is 2. The molecule has 11 aromatic rings. The zero-order chi connectivity index (χ0) is 40.3. The number of hydrogen-bond acceptors (Lipinski definition) is 1. The molecule has 2 heteroatoms. The monoisotopic (exact) mass is 776 g/mol.